The number of amides is 3. The van der Waals surface area contributed by atoms with Gasteiger partial charge in [-0.25, -0.2) is 4.79 Å². The minimum absolute atomic E-state index is 0.00922. The van der Waals surface area contributed by atoms with E-state index in [0.717, 1.165) is 37.7 Å². The van der Waals surface area contributed by atoms with E-state index in [1.54, 1.807) is 37.8 Å². The van der Waals surface area contributed by atoms with E-state index in [4.69, 9.17) is 4.74 Å². The zero-order valence-corrected chi connectivity index (χ0v) is 24.7. The van der Waals surface area contributed by atoms with Gasteiger partial charge in [0, 0.05) is 19.5 Å². The molecule has 0 aliphatic heterocycles. The molecule has 3 N–H and O–H groups in total. The van der Waals surface area contributed by atoms with E-state index in [-0.39, 0.29) is 24.0 Å². The van der Waals surface area contributed by atoms with E-state index < -0.39 is 23.8 Å². The lowest BCUT2D eigenvalue weighted by Gasteiger charge is -2.34. The highest BCUT2D eigenvalue weighted by Crippen LogP contribution is 2.27. The Bertz CT molecular complexity index is 1070. The molecule has 0 aliphatic carbocycles. The molecule has 0 bridgehead atoms. The van der Waals surface area contributed by atoms with Crippen molar-refractivity contribution in [3.63, 3.8) is 0 Å². The molecule has 8 nitrogen and oxygen atoms in total. The Morgan fingerprint density at radius 2 is 1.60 bits per heavy atom. The van der Waals surface area contributed by atoms with Crippen molar-refractivity contribution in [2.45, 2.75) is 97.2 Å². The molecule has 0 saturated carbocycles. The van der Waals surface area contributed by atoms with Crippen LogP contribution in [0.15, 0.2) is 54.6 Å². The molecule has 3 amide bonds. The first-order valence-corrected chi connectivity index (χ1v) is 14.5. The number of carbonyl (C=O) groups is 3. The van der Waals surface area contributed by atoms with Crippen LogP contribution in [0.1, 0.15) is 90.3 Å². The van der Waals surface area contributed by atoms with E-state index in [1.807, 2.05) is 30.3 Å². The Morgan fingerprint density at radius 3 is 2.23 bits per heavy atom. The van der Waals surface area contributed by atoms with Crippen LogP contribution in [0.25, 0.3) is 0 Å². The Kier molecular flexibility index (Phi) is 13.5. The van der Waals surface area contributed by atoms with Gasteiger partial charge in [0.25, 0.3) is 0 Å². The second kappa shape index (κ2) is 16.5. The van der Waals surface area contributed by atoms with Crippen molar-refractivity contribution in [1.29, 1.82) is 0 Å². The number of rotatable bonds is 15. The van der Waals surface area contributed by atoms with Crippen LogP contribution in [-0.4, -0.2) is 52.6 Å². The zero-order chi connectivity index (χ0) is 29.5. The largest absolute Gasteiger partial charge is 0.508 e. The maximum Gasteiger partial charge on any atom is 0.408 e. The molecular formula is C32H47N3O5. The van der Waals surface area contributed by atoms with Gasteiger partial charge < -0.3 is 25.4 Å². The van der Waals surface area contributed by atoms with Gasteiger partial charge in [-0.05, 0) is 56.9 Å². The van der Waals surface area contributed by atoms with E-state index in [9.17, 15) is 19.5 Å². The van der Waals surface area contributed by atoms with Gasteiger partial charge in [0.15, 0.2) is 0 Å². The molecule has 40 heavy (non-hydrogen) atoms. The molecule has 2 rings (SSSR count). The Labute approximate surface area is 239 Å². The molecule has 2 aromatic carbocycles. The fraction of sp³-hybridized carbons (Fsp3) is 0.531. The molecule has 2 atom stereocenters. The molecule has 2 aromatic rings. The summed E-state index contributed by atoms with van der Waals surface area (Å²) in [7, 11) is 0. The first kappa shape index (κ1) is 32.7. The number of benzene rings is 2. The molecule has 0 heterocycles. The highest BCUT2D eigenvalue weighted by molar-refractivity contribution is 5.92. The number of phenols is 1. The van der Waals surface area contributed by atoms with Gasteiger partial charge in [-0.3, -0.25) is 9.59 Å². The van der Waals surface area contributed by atoms with Crippen molar-refractivity contribution >= 4 is 17.9 Å². The fourth-order valence-corrected chi connectivity index (χ4v) is 4.45. The van der Waals surface area contributed by atoms with Crippen LogP contribution < -0.4 is 10.6 Å². The number of aromatic hydroxyl groups is 1. The van der Waals surface area contributed by atoms with Crippen LogP contribution >= 0.6 is 0 Å². The van der Waals surface area contributed by atoms with Crippen molar-refractivity contribution < 1.29 is 24.2 Å². The predicted molar refractivity (Wildman–Crippen MR) is 158 cm³/mol. The smallest absolute Gasteiger partial charge is 0.408 e. The van der Waals surface area contributed by atoms with E-state index >= 15 is 0 Å². The molecule has 220 valence electrons. The van der Waals surface area contributed by atoms with Crippen LogP contribution in [0.5, 0.6) is 5.75 Å². The molecule has 0 radical (unpaired) electrons. The zero-order valence-electron chi connectivity index (χ0n) is 24.7. The van der Waals surface area contributed by atoms with Crippen molar-refractivity contribution in [2.24, 2.45) is 0 Å². The van der Waals surface area contributed by atoms with Gasteiger partial charge in [-0.15, -0.1) is 0 Å². The maximum absolute atomic E-state index is 14.3. The monoisotopic (exact) mass is 553 g/mol. The topological polar surface area (TPSA) is 108 Å². The number of nitrogens with zero attached hydrogens (tertiary/aromatic N) is 1. The summed E-state index contributed by atoms with van der Waals surface area (Å²) in [6, 6.07) is 13.9. The van der Waals surface area contributed by atoms with Crippen molar-refractivity contribution in [3.8, 4) is 5.75 Å². The van der Waals surface area contributed by atoms with Crippen molar-refractivity contribution in [1.82, 2.24) is 15.5 Å². The summed E-state index contributed by atoms with van der Waals surface area (Å²) < 4.78 is 5.49. The Hall–Kier alpha value is -3.55. The lowest BCUT2D eigenvalue weighted by molar-refractivity contribution is -0.142. The molecular weight excluding hydrogens is 506 g/mol. The van der Waals surface area contributed by atoms with E-state index in [1.165, 1.54) is 12.1 Å². The number of carbonyl (C=O) groups excluding carboxylic acids is 3. The standard InChI is InChI=1S/C32H47N3O5/c1-6-8-13-20-33-29(37)28(25-18-15-19-26(36)23-25)35(21-14-9-7-2)30(38)27(22-24-16-11-10-12-17-24)34-31(39)40-32(3,4)5/h10-12,15-19,23,27-28,36H,6-9,13-14,20-22H2,1-5H3,(H,33,37)(H,34,39). The quantitative estimate of drug-likeness (QED) is 0.238. The van der Waals surface area contributed by atoms with Gasteiger partial charge in [0.1, 0.15) is 23.4 Å². The van der Waals surface area contributed by atoms with Crippen molar-refractivity contribution in [3.05, 3.63) is 65.7 Å². The molecule has 8 heteroatoms. The van der Waals surface area contributed by atoms with Crippen LogP contribution in [0, 0.1) is 0 Å². The normalized spacial score (nSPS) is 12.7. The molecule has 0 saturated heterocycles. The summed E-state index contributed by atoms with van der Waals surface area (Å²) in [4.78, 5) is 42.4. The highest BCUT2D eigenvalue weighted by atomic mass is 16.6. The Balaban J connectivity index is 2.50. The summed E-state index contributed by atoms with van der Waals surface area (Å²) >= 11 is 0. The van der Waals surface area contributed by atoms with Gasteiger partial charge >= 0.3 is 6.09 Å². The van der Waals surface area contributed by atoms with Gasteiger partial charge in [-0.2, -0.15) is 0 Å². The van der Waals surface area contributed by atoms with Crippen LogP contribution in [0.4, 0.5) is 4.79 Å². The third kappa shape index (κ3) is 11.3. The average molecular weight is 554 g/mol. The minimum Gasteiger partial charge on any atom is -0.508 e. The molecule has 0 fully saturated rings. The second-order valence-corrected chi connectivity index (χ2v) is 11.1. The number of phenolic OH excluding ortho intramolecular Hbond substituents is 1. The maximum atomic E-state index is 14.3. The number of nitrogens with one attached hydrogen (secondary N) is 2. The SMILES string of the molecule is CCCCCNC(=O)C(c1cccc(O)c1)N(CCCCC)C(=O)C(Cc1ccccc1)NC(=O)OC(C)(C)C. The third-order valence-electron chi connectivity index (χ3n) is 6.38. The second-order valence-electron chi connectivity index (χ2n) is 11.1. The van der Waals surface area contributed by atoms with E-state index in [2.05, 4.69) is 24.5 Å². The van der Waals surface area contributed by atoms with Crippen LogP contribution in [0.3, 0.4) is 0 Å². The summed E-state index contributed by atoms with van der Waals surface area (Å²) in [5, 5.41) is 16.0. The molecule has 0 aromatic heterocycles. The first-order valence-electron chi connectivity index (χ1n) is 14.5. The van der Waals surface area contributed by atoms with Crippen LogP contribution in [-0.2, 0) is 20.7 Å². The predicted octanol–water partition coefficient (Wildman–Crippen LogP) is 5.89. The van der Waals surface area contributed by atoms with E-state index in [0.29, 0.717) is 25.1 Å². The molecule has 0 spiro atoms. The summed E-state index contributed by atoms with van der Waals surface area (Å²) in [5.41, 5.74) is 0.630. The third-order valence-corrected chi connectivity index (χ3v) is 6.38. The minimum atomic E-state index is -0.975. The van der Waals surface area contributed by atoms with Gasteiger partial charge in [0.2, 0.25) is 11.8 Å². The summed E-state index contributed by atoms with van der Waals surface area (Å²) in [5.74, 6) is -0.694. The highest BCUT2D eigenvalue weighted by Gasteiger charge is 2.36. The molecule has 0 aliphatic rings. The number of unbranched alkanes of at least 4 members (excludes halogenated alkanes) is 4. The number of alkyl carbamates (subject to hydrolysis) is 1. The van der Waals surface area contributed by atoms with Gasteiger partial charge in [0.05, 0.1) is 0 Å². The summed E-state index contributed by atoms with van der Waals surface area (Å²) in [6.45, 7) is 10.3. The fourth-order valence-electron chi connectivity index (χ4n) is 4.45. The number of ether oxygens (including phenoxy) is 1. The number of hydrogen-bond acceptors (Lipinski definition) is 5. The summed E-state index contributed by atoms with van der Waals surface area (Å²) in [6.07, 6.45) is 4.85. The lowest BCUT2D eigenvalue weighted by Crippen LogP contribution is -2.54. The van der Waals surface area contributed by atoms with Crippen LogP contribution in [0.2, 0.25) is 0 Å². The number of hydrogen-bond donors (Lipinski definition) is 3. The van der Waals surface area contributed by atoms with Gasteiger partial charge in [-0.1, -0.05) is 82.0 Å². The lowest BCUT2D eigenvalue weighted by atomic mass is 9.99. The van der Waals surface area contributed by atoms with Crippen molar-refractivity contribution in [2.75, 3.05) is 13.1 Å². The first-order chi connectivity index (χ1) is 19.1. The average Bonchev–Trinajstić information content (AvgIpc) is 2.89. The Morgan fingerprint density at radius 1 is 0.925 bits per heavy atom. The molecule has 2 unspecified atom stereocenters.